The van der Waals surface area contributed by atoms with Crippen molar-refractivity contribution in [2.75, 3.05) is 5.73 Å². The highest BCUT2D eigenvalue weighted by atomic mass is 15.4. The molecule has 1 heterocycles. The molecular weight excluding hydrogens is 188 g/mol. The molecule has 0 aliphatic rings. The molecule has 1 aromatic heterocycles. The maximum atomic E-state index is 5.80. The highest BCUT2D eigenvalue weighted by Crippen LogP contribution is 2.20. The molecule has 0 aliphatic heterocycles. The first kappa shape index (κ1) is 12.0. The molecule has 86 valence electrons. The monoisotopic (exact) mass is 210 g/mol. The third kappa shape index (κ3) is 2.94. The Morgan fingerprint density at radius 2 is 2.00 bits per heavy atom. The molecular formula is C11H22N4. The van der Waals surface area contributed by atoms with E-state index in [1.807, 2.05) is 4.68 Å². The molecule has 1 unspecified atom stereocenters. The Hall–Kier alpha value is -1.06. The highest BCUT2D eigenvalue weighted by Gasteiger charge is 2.15. The summed E-state index contributed by atoms with van der Waals surface area (Å²) < 4.78 is 1.96. The first-order chi connectivity index (χ1) is 7.06. The number of nitrogens with zero attached hydrogens (tertiary/aromatic N) is 3. The van der Waals surface area contributed by atoms with E-state index in [1.54, 1.807) is 0 Å². The van der Waals surface area contributed by atoms with Crippen molar-refractivity contribution in [2.45, 2.75) is 53.0 Å². The first-order valence-corrected chi connectivity index (χ1v) is 5.75. The SMILES string of the molecule is CCCC(C)Cn1nnc(N)c1C(C)C. The van der Waals surface area contributed by atoms with Crippen molar-refractivity contribution < 1.29 is 0 Å². The lowest BCUT2D eigenvalue weighted by Gasteiger charge is -2.13. The first-order valence-electron chi connectivity index (χ1n) is 5.75. The van der Waals surface area contributed by atoms with E-state index in [-0.39, 0.29) is 0 Å². The molecule has 4 nitrogen and oxygen atoms in total. The molecule has 0 fully saturated rings. The number of hydrogen-bond acceptors (Lipinski definition) is 3. The second-order valence-corrected chi connectivity index (χ2v) is 4.59. The Bertz CT molecular complexity index is 304. The molecule has 0 amide bonds. The Labute approximate surface area is 91.9 Å². The molecule has 1 atom stereocenters. The topological polar surface area (TPSA) is 56.7 Å². The van der Waals surface area contributed by atoms with Crippen molar-refractivity contribution in [1.29, 1.82) is 0 Å². The van der Waals surface area contributed by atoms with Crippen LogP contribution in [0.25, 0.3) is 0 Å². The van der Waals surface area contributed by atoms with Crippen molar-refractivity contribution in [2.24, 2.45) is 5.92 Å². The molecule has 0 aliphatic carbocycles. The average molecular weight is 210 g/mol. The number of nitrogens with two attached hydrogens (primary N) is 1. The molecule has 0 bridgehead atoms. The van der Waals surface area contributed by atoms with E-state index < -0.39 is 0 Å². The Kier molecular flexibility index (Phi) is 4.12. The molecule has 2 N–H and O–H groups in total. The minimum Gasteiger partial charge on any atom is -0.381 e. The van der Waals surface area contributed by atoms with Gasteiger partial charge in [0, 0.05) is 6.54 Å². The van der Waals surface area contributed by atoms with Gasteiger partial charge in [-0.05, 0) is 18.3 Å². The lowest BCUT2D eigenvalue weighted by Crippen LogP contribution is -2.13. The number of hydrogen-bond donors (Lipinski definition) is 1. The minimum absolute atomic E-state index is 0.383. The molecule has 1 aromatic rings. The van der Waals surface area contributed by atoms with Crippen LogP contribution in [0.5, 0.6) is 0 Å². The van der Waals surface area contributed by atoms with E-state index in [9.17, 15) is 0 Å². The summed E-state index contributed by atoms with van der Waals surface area (Å²) in [6.45, 7) is 9.61. The maximum absolute atomic E-state index is 5.80. The lowest BCUT2D eigenvalue weighted by molar-refractivity contribution is 0.401. The van der Waals surface area contributed by atoms with Crippen molar-refractivity contribution in [1.82, 2.24) is 15.0 Å². The van der Waals surface area contributed by atoms with Gasteiger partial charge < -0.3 is 5.73 Å². The van der Waals surface area contributed by atoms with Crippen LogP contribution in [-0.4, -0.2) is 15.0 Å². The van der Waals surface area contributed by atoms with Crippen LogP contribution >= 0.6 is 0 Å². The van der Waals surface area contributed by atoms with Crippen LogP contribution in [0.3, 0.4) is 0 Å². The molecule has 15 heavy (non-hydrogen) atoms. The summed E-state index contributed by atoms with van der Waals surface area (Å²) in [5.41, 5.74) is 6.87. The molecule has 1 rings (SSSR count). The van der Waals surface area contributed by atoms with Gasteiger partial charge in [-0.25, -0.2) is 4.68 Å². The fraction of sp³-hybridized carbons (Fsp3) is 0.818. The molecule has 4 heteroatoms. The van der Waals surface area contributed by atoms with Gasteiger partial charge in [0.05, 0.1) is 5.69 Å². The molecule has 0 spiro atoms. The maximum Gasteiger partial charge on any atom is 0.169 e. The number of nitrogen functional groups attached to an aromatic ring is 1. The predicted molar refractivity (Wildman–Crippen MR) is 62.6 cm³/mol. The largest absolute Gasteiger partial charge is 0.381 e. The second kappa shape index (κ2) is 5.14. The quantitative estimate of drug-likeness (QED) is 0.812. The average Bonchev–Trinajstić information content (AvgIpc) is 2.47. The fourth-order valence-corrected chi connectivity index (χ4v) is 1.94. The second-order valence-electron chi connectivity index (χ2n) is 4.59. The standard InChI is InChI=1S/C11H22N4/c1-5-6-9(4)7-15-10(8(2)3)11(12)13-14-15/h8-9H,5-7,12H2,1-4H3. The third-order valence-electron chi connectivity index (χ3n) is 2.61. The zero-order chi connectivity index (χ0) is 11.4. The summed E-state index contributed by atoms with van der Waals surface area (Å²) in [6, 6.07) is 0. The third-order valence-corrected chi connectivity index (χ3v) is 2.61. The van der Waals surface area contributed by atoms with Crippen LogP contribution in [-0.2, 0) is 6.54 Å². The van der Waals surface area contributed by atoms with E-state index in [0.29, 0.717) is 17.7 Å². The van der Waals surface area contributed by atoms with Gasteiger partial charge in [0.1, 0.15) is 0 Å². The lowest BCUT2D eigenvalue weighted by atomic mass is 10.1. The highest BCUT2D eigenvalue weighted by molar-refractivity contribution is 5.35. The van der Waals surface area contributed by atoms with E-state index in [2.05, 4.69) is 38.0 Å². The van der Waals surface area contributed by atoms with Gasteiger partial charge >= 0.3 is 0 Å². The van der Waals surface area contributed by atoms with E-state index in [0.717, 1.165) is 12.2 Å². The zero-order valence-electron chi connectivity index (χ0n) is 10.2. The van der Waals surface area contributed by atoms with Crippen molar-refractivity contribution in [3.63, 3.8) is 0 Å². The van der Waals surface area contributed by atoms with Gasteiger partial charge in [-0.1, -0.05) is 39.3 Å². The Morgan fingerprint density at radius 3 is 2.53 bits per heavy atom. The van der Waals surface area contributed by atoms with Gasteiger partial charge in [0.2, 0.25) is 0 Å². The van der Waals surface area contributed by atoms with Crippen molar-refractivity contribution in [3.8, 4) is 0 Å². The van der Waals surface area contributed by atoms with Crippen molar-refractivity contribution in [3.05, 3.63) is 5.69 Å². The van der Waals surface area contributed by atoms with Gasteiger partial charge in [-0.15, -0.1) is 5.10 Å². The predicted octanol–water partition coefficient (Wildman–Crippen LogP) is 2.42. The van der Waals surface area contributed by atoms with Gasteiger partial charge in [0.15, 0.2) is 5.82 Å². The van der Waals surface area contributed by atoms with E-state index in [4.69, 9.17) is 5.73 Å². The van der Waals surface area contributed by atoms with Crippen LogP contribution in [0.2, 0.25) is 0 Å². The van der Waals surface area contributed by atoms with Gasteiger partial charge in [-0.2, -0.15) is 0 Å². The number of anilines is 1. The number of rotatable bonds is 5. The van der Waals surface area contributed by atoms with Crippen LogP contribution in [0.1, 0.15) is 52.1 Å². The van der Waals surface area contributed by atoms with Crippen molar-refractivity contribution >= 4 is 5.82 Å². The summed E-state index contributed by atoms with van der Waals surface area (Å²) in [7, 11) is 0. The van der Waals surface area contributed by atoms with Crippen LogP contribution in [0.15, 0.2) is 0 Å². The normalized spacial score (nSPS) is 13.4. The van der Waals surface area contributed by atoms with Crippen LogP contribution < -0.4 is 5.73 Å². The summed E-state index contributed by atoms with van der Waals surface area (Å²) in [5.74, 6) is 1.59. The summed E-state index contributed by atoms with van der Waals surface area (Å²) in [6.07, 6.45) is 2.43. The molecule has 0 saturated heterocycles. The minimum atomic E-state index is 0.383. The van der Waals surface area contributed by atoms with Gasteiger partial charge in [0.25, 0.3) is 0 Å². The fourth-order valence-electron chi connectivity index (χ4n) is 1.94. The Balaban J connectivity index is 2.76. The molecule has 0 aromatic carbocycles. The molecule has 0 radical (unpaired) electrons. The summed E-state index contributed by atoms with van der Waals surface area (Å²) in [5, 5.41) is 8.04. The summed E-state index contributed by atoms with van der Waals surface area (Å²) >= 11 is 0. The van der Waals surface area contributed by atoms with E-state index in [1.165, 1.54) is 12.8 Å². The smallest absolute Gasteiger partial charge is 0.169 e. The Morgan fingerprint density at radius 1 is 1.33 bits per heavy atom. The number of aromatic nitrogens is 3. The molecule has 0 saturated carbocycles. The van der Waals surface area contributed by atoms with Gasteiger partial charge in [-0.3, -0.25) is 0 Å². The van der Waals surface area contributed by atoms with E-state index >= 15 is 0 Å². The summed E-state index contributed by atoms with van der Waals surface area (Å²) in [4.78, 5) is 0. The zero-order valence-corrected chi connectivity index (χ0v) is 10.2. The van der Waals surface area contributed by atoms with Crippen LogP contribution in [0, 0.1) is 5.92 Å². The van der Waals surface area contributed by atoms with Crippen LogP contribution in [0.4, 0.5) is 5.82 Å².